The van der Waals surface area contributed by atoms with E-state index in [1.165, 1.54) is 5.57 Å². The lowest BCUT2D eigenvalue weighted by atomic mass is 9.60. The summed E-state index contributed by atoms with van der Waals surface area (Å²) >= 11 is 0. The van der Waals surface area contributed by atoms with E-state index in [2.05, 4.69) is 32.6 Å². The maximum Gasteiger partial charge on any atom is 0.228 e. The van der Waals surface area contributed by atoms with Gasteiger partial charge in [-0.25, -0.2) is 0 Å². The molecule has 0 spiro atoms. The summed E-state index contributed by atoms with van der Waals surface area (Å²) in [5.41, 5.74) is 3.28. The Bertz CT molecular complexity index is 816. The molecule has 178 valence electrons. The minimum Gasteiger partial charge on any atom is -0.393 e. The first-order valence-corrected chi connectivity index (χ1v) is 12.5. The zero-order valence-electron chi connectivity index (χ0n) is 20.0. The van der Waals surface area contributed by atoms with Gasteiger partial charge in [-0.05, 0) is 79.3 Å². The van der Waals surface area contributed by atoms with Crippen LogP contribution in [0.25, 0.3) is 0 Å². The summed E-state index contributed by atoms with van der Waals surface area (Å²) in [4.78, 5) is 14.2. The number of nitrogens with zero attached hydrogens (tertiary/aromatic N) is 1. The molecule has 0 bridgehead atoms. The van der Waals surface area contributed by atoms with Gasteiger partial charge in [-0.15, -0.1) is 0 Å². The van der Waals surface area contributed by atoms with Gasteiger partial charge in [0.1, 0.15) is 0 Å². The van der Waals surface area contributed by atoms with E-state index in [0.29, 0.717) is 24.7 Å². The van der Waals surface area contributed by atoms with E-state index in [1.54, 1.807) is 4.90 Å². The fourth-order valence-corrected chi connectivity index (χ4v) is 7.38. The number of hydrogen-bond acceptors (Lipinski definition) is 4. The van der Waals surface area contributed by atoms with Gasteiger partial charge in [0.05, 0.1) is 24.2 Å². The molecule has 5 heteroatoms. The van der Waals surface area contributed by atoms with Crippen LogP contribution in [0.1, 0.15) is 65.2 Å². The molecule has 4 rings (SSSR count). The molecular weight excluding hydrogens is 402 g/mol. The van der Waals surface area contributed by atoms with Crippen LogP contribution in [0.2, 0.25) is 0 Å². The van der Waals surface area contributed by atoms with Crippen LogP contribution >= 0.6 is 0 Å². The Hall–Kier alpha value is -1.43. The van der Waals surface area contributed by atoms with Gasteiger partial charge in [0, 0.05) is 20.0 Å². The van der Waals surface area contributed by atoms with E-state index in [9.17, 15) is 20.1 Å². The van der Waals surface area contributed by atoms with Crippen LogP contribution in [-0.2, 0) is 4.79 Å². The lowest BCUT2D eigenvalue weighted by molar-refractivity contribution is -0.134. The zero-order chi connectivity index (χ0) is 23.2. The van der Waals surface area contributed by atoms with Crippen molar-refractivity contribution in [2.45, 2.75) is 83.5 Å². The van der Waals surface area contributed by atoms with E-state index < -0.39 is 18.3 Å². The largest absolute Gasteiger partial charge is 0.393 e. The number of fused-ring (bicyclic) bond motifs is 1. The van der Waals surface area contributed by atoms with Gasteiger partial charge in [-0.2, -0.15) is 0 Å². The third-order valence-corrected chi connectivity index (χ3v) is 9.36. The first-order valence-electron chi connectivity index (χ1n) is 12.5. The molecule has 3 saturated carbocycles. The monoisotopic (exact) mass is 443 g/mol. The van der Waals surface area contributed by atoms with E-state index >= 15 is 0 Å². The molecule has 0 radical (unpaired) electrons. The summed E-state index contributed by atoms with van der Waals surface area (Å²) in [5.74, 6) is 0.840. The summed E-state index contributed by atoms with van der Waals surface area (Å²) < 4.78 is 0. The van der Waals surface area contributed by atoms with E-state index in [1.807, 2.05) is 7.05 Å². The van der Waals surface area contributed by atoms with Gasteiger partial charge in [0.2, 0.25) is 5.91 Å². The molecule has 8 atom stereocenters. The summed E-state index contributed by atoms with van der Waals surface area (Å²) in [6.07, 6.45) is 9.85. The quantitative estimate of drug-likeness (QED) is 0.620. The molecule has 0 aromatic carbocycles. The Morgan fingerprint density at radius 2 is 1.97 bits per heavy atom. The Kier molecular flexibility index (Phi) is 6.73. The molecular formula is C27H41NO4. The second-order valence-corrected chi connectivity index (χ2v) is 11.2. The highest BCUT2D eigenvalue weighted by molar-refractivity contribution is 5.81. The molecule has 3 aliphatic carbocycles. The molecule has 1 heterocycles. The summed E-state index contributed by atoms with van der Waals surface area (Å²) in [6.45, 7) is 9.34. The fourth-order valence-electron chi connectivity index (χ4n) is 7.38. The molecule has 0 aromatic heterocycles. The Labute approximate surface area is 192 Å². The molecule has 3 N–H and O–H groups in total. The number of likely N-dealkylation sites (tertiary alicyclic amines) is 1. The van der Waals surface area contributed by atoms with Gasteiger partial charge in [-0.1, -0.05) is 38.2 Å². The molecule has 4 aliphatic rings. The topological polar surface area (TPSA) is 81.0 Å². The van der Waals surface area contributed by atoms with Crippen molar-refractivity contribution < 1.29 is 20.1 Å². The van der Waals surface area contributed by atoms with Crippen LogP contribution in [0, 0.1) is 29.1 Å². The van der Waals surface area contributed by atoms with Crippen LogP contribution in [0.5, 0.6) is 0 Å². The third-order valence-electron chi connectivity index (χ3n) is 9.36. The van der Waals surface area contributed by atoms with Gasteiger partial charge in [0.25, 0.3) is 0 Å². The summed E-state index contributed by atoms with van der Waals surface area (Å²) in [6, 6.07) is 0. The maximum atomic E-state index is 12.5. The number of aliphatic hydroxyl groups is 3. The number of amides is 1. The normalized spacial score (nSPS) is 42.6. The number of rotatable bonds is 4. The lowest BCUT2D eigenvalue weighted by Crippen LogP contribution is -2.42. The average molecular weight is 444 g/mol. The minimum absolute atomic E-state index is 0.0944. The lowest BCUT2D eigenvalue weighted by Gasteiger charge is -2.45. The van der Waals surface area contributed by atoms with Gasteiger partial charge in [0.15, 0.2) is 0 Å². The van der Waals surface area contributed by atoms with Crippen LogP contribution in [0.4, 0.5) is 0 Å². The van der Waals surface area contributed by atoms with Gasteiger partial charge in [-0.3, -0.25) is 4.79 Å². The van der Waals surface area contributed by atoms with Gasteiger partial charge >= 0.3 is 0 Å². The highest BCUT2D eigenvalue weighted by atomic mass is 16.3. The van der Waals surface area contributed by atoms with E-state index in [4.69, 9.17) is 0 Å². The standard InChI is InChI=1S/C27H41NO4/c1-16-19(14-20(29)15-24(16)30)8-7-18-6-5-12-27(3)22(9-10-23(18)27)17(2)25(31)21-11-13-28(4)26(21)32/h7-8,17,20-25,29-31H,1,5-6,9-15H2,2-4H3/t17-,20+,21?,22+,23?,24-,25?,27+/m0/s1. The predicted molar refractivity (Wildman–Crippen MR) is 126 cm³/mol. The highest BCUT2D eigenvalue weighted by Crippen LogP contribution is 2.60. The van der Waals surface area contributed by atoms with Crippen LogP contribution in [0.15, 0.2) is 35.5 Å². The van der Waals surface area contributed by atoms with E-state index in [-0.39, 0.29) is 23.2 Å². The van der Waals surface area contributed by atoms with Crippen LogP contribution in [0.3, 0.4) is 0 Å². The number of hydrogen-bond donors (Lipinski definition) is 3. The SMILES string of the molecule is C=C1C(=CC=C2CCC[C@@]3(C)C2CC[C@@H]3[C@H](C)C(O)C2CCN(C)C2=O)C[C@@H](O)C[C@@H]1O. The molecule has 4 fully saturated rings. The second kappa shape index (κ2) is 9.08. The molecule has 1 saturated heterocycles. The molecule has 1 amide bonds. The first-order chi connectivity index (χ1) is 15.1. The van der Waals surface area contributed by atoms with Crippen molar-refractivity contribution in [1.29, 1.82) is 0 Å². The Morgan fingerprint density at radius 1 is 1.22 bits per heavy atom. The molecule has 3 unspecified atom stereocenters. The molecule has 5 nitrogen and oxygen atoms in total. The van der Waals surface area contributed by atoms with E-state index in [0.717, 1.165) is 56.2 Å². The van der Waals surface area contributed by atoms with Crippen molar-refractivity contribution in [3.63, 3.8) is 0 Å². The van der Waals surface area contributed by atoms with Crippen molar-refractivity contribution in [2.24, 2.45) is 29.1 Å². The van der Waals surface area contributed by atoms with Crippen molar-refractivity contribution >= 4 is 5.91 Å². The number of carbonyl (C=O) groups excluding carboxylic acids is 1. The predicted octanol–water partition coefficient (Wildman–Crippen LogP) is 3.60. The smallest absolute Gasteiger partial charge is 0.228 e. The summed E-state index contributed by atoms with van der Waals surface area (Å²) in [5, 5.41) is 31.4. The van der Waals surface area contributed by atoms with Gasteiger partial charge < -0.3 is 20.2 Å². The Morgan fingerprint density at radius 3 is 2.66 bits per heavy atom. The molecule has 1 aliphatic heterocycles. The average Bonchev–Trinajstić information content (AvgIpc) is 3.27. The second-order valence-electron chi connectivity index (χ2n) is 11.2. The maximum absolute atomic E-state index is 12.5. The summed E-state index contributed by atoms with van der Waals surface area (Å²) in [7, 11) is 1.83. The molecule has 32 heavy (non-hydrogen) atoms. The minimum atomic E-state index is -0.657. The first kappa shape index (κ1) is 23.7. The van der Waals surface area contributed by atoms with Crippen molar-refractivity contribution in [3.05, 3.63) is 35.5 Å². The highest BCUT2D eigenvalue weighted by Gasteiger charge is 2.53. The number of aliphatic hydroxyl groups excluding tert-OH is 3. The number of allylic oxidation sites excluding steroid dienone is 3. The van der Waals surface area contributed by atoms with Crippen molar-refractivity contribution in [3.8, 4) is 0 Å². The zero-order valence-corrected chi connectivity index (χ0v) is 20.0. The Balaban J connectivity index is 1.52. The third kappa shape index (κ3) is 4.12. The van der Waals surface area contributed by atoms with Crippen molar-refractivity contribution in [2.75, 3.05) is 13.6 Å². The van der Waals surface area contributed by atoms with Crippen LogP contribution < -0.4 is 0 Å². The van der Waals surface area contributed by atoms with Crippen molar-refractivity contribution in [1.82, 2.24) is 4.90 Å². The molecule has 0 aromatic rings. The number of carbonyl (C=O) groups is 1. The van der Waals surface area contributed by atoms with Crippen LogP contribution in [-0.4, -0.2) is 58.0 Å². The fraction of sp³-hybridized carbons (Fsp3) is 0.741.